The van der Waals surface area contributed by atoms with E-state index in [9.17, 15) is 9.59 Å². The Bertz CT molecular complexity index is 1260. The van der Waals surface area contributed by atoms with E-state index >= 15 is 0 Å². The maximum Gasteiger partial charge on any atom is 0.269 e. The number of rotatable bonds is 3. The molecular formula is C24H17N3O2S. The molecule has 1 aliphatic heterocycles. The normalized spacial score (nSPS) is 15.7. The van der Waals surface area contributed by atoms with Crippen molar-refractivity contribution in [2.45, 2.75) is 6.17 Å². The number of anilines is 1. The Kier molecular flexibility index (Phi) is 4.61. The van der Waals surface area contributed by atoms with Crippen molar-refractivity contribution in [1.29, 1.82) is 0 Å². The molecule has 4 aromatic rings. The predicted octanol–water partition coefficient (Wildman–Crippen LogP) is 4.45. The number of hydrogen-bond acceptors (Lipinski definition) is 4. The molecule has 5 rings (SSSR count). The Balaban J connectivity index is 1.52. The second-order valence-electron chi connectivity index (χ2n) is 6.90. The molecule has 0 bridgehead atoms. The smallest absolute Gasteiger partial charge is 0.269 e. The number of benzodiazepines with no additional fused rings is 1. The zero-order valence-electron chi connectivity index (χ0n) is 15.8. The van der Waals surface area contributed by atoms with Crippen LogP contribution in [0.2, 0.25) is 0 Å². The van der Waals surface area contributed by atoms with Crippen LogP contribution in [0, 0.1) is 0 Å². The standard InChI is InChI=1S/C24H17N3O2S/c28-23(20-14-16-10-4-7-13-19(16)30-20)27-22-24(29)25-18-12-6-5-11-17(18)21(26-22)15-8-2-1-3-9-15/h1-14,22H,(H,25,29)(H,27,28). The quantitative estimate of drug-likeness (QED) is 0.523. The molecule has 30 heavy (non-hydrogen) atoms. The molecule has 146 valence electrons. The van der Waals surface area contributed by atoms with Crippen molar-refractivity contribution in [2.75, 3.05) is 5.32 Å². The van der Waals surface area contributed by atoms with Crippen molar-refractivity contribution in [3.63, 3.8) is 0 Å². The van der Waals surface area contributed by atoms with E-state index in [-0.39, 0.29) is 11.8 Å². The number of carbonyl (C=O) groups excluding carboxylic acids is 2. The van der Waals surface area contributed by atoms with Gasteiger partial charge in [-0.05, 0) is 23.6 Å². The van der Waals surface area contributed by atoms with Crippen LogP contribution >= 0.6 is 11.3 Å². The Morgan fingerprint density at radius 3 is 2.50 bits per heavy atom. The number of hydrogen-bond donors (Lipinski definition) is 2. The first kappa shape index (κ1) is 18.3. The third-order valence-corrected chi connectivity index (χ3v) is 6.03. The van der Waals surface area contributed by atoms with E-state index in [0.717, 1.165) is 21.2 Å². The molecule has 0 fully saturated rings. The van der Waals surface area contributed by atoms with Crippen molar-refractivity contribution in [3.8, 4) is 0 Å². The highest BCUT2D eigenvalue weighted by atomic mass is 32.1. The first-order valence-corrected chi connectivity index (χ1v) is 10.3. The molecule has 2 heterocycles. The molecular weight excluding hydrogens is 394 g/mol. The lowest BCUT2D eigenvalue weighted by molar-refractivity contribution is -0.117. The van der Waals surface area contributed by atoms with Crippen LogP contribution in [-0.4, -0.2) is 23.7 Å². The van der Waals surface area contributed by atoms with Crippen molar-refractivity contribution in [2.24, 2.45) is 4.99 Å². The van der Waals surface area contributed by atoms with Gasteiger partial charge in [0.05, 0.1) is 16.3 Å². The molecule has 3 aromatic carbocycles. The Labute approximate surface area is 177 Å². The molecule has 0 saturated heterocycles. The van der Waals surface area contributed by atoms with E-state index in [0.29, 0.717) is 16.3 Å². The zero-order chi connectivity index (χ0) is 20.5. The van der Waals surface area contributed by atoms with Crippen LogP contribution in [0.4, 0.5) is 5.69 Å². The largest absolute Gasteiger partial charge is 0.322 e. The lowest BCUT2D eigenvalue weighted by Gasteiger charge is -2.12. The van der Waals surface area contributed by atoms with Gasteiger partial charge in [0.1, 0.15) is 0 Å². The molecule has 1 aliphatic rings. The second kappa shape index (κ2) is 7.57. The zero-order valence-corrected chi connectivity index (χ0v) is 16.6. The number of nitrogens with one attached hydrogen (secondary N) is 2. The number of fused-ring (bicyclic) bond motifs is 2. The van der Waals surface area contributed by atoms with E-state index in [1.165, 1.54) is 11.3 Å². The van der Waals surface area contributed by atoms with Gasteiger partial charge in [0.25, 0.3) is 11.8 Å². The average molecular weight is 411 g/mol. The highest BCUT2D eigenvalue weighted by Crippen LogP contribution is 2.26. The number of nitrogens with zero attached hydrogens (tertiary/aromatic N) is 1. The fourth-order valence-corrected chi connectivity index (χ4v) is 4.44. The summed E-state index contributed by atoms with van der Waals surface area (Å²) in [7, 11) is 0. The number of aliphatic imine (C=N–C) groups is 1. The summed E-state index contributed by atoms with van der Waals surface area (Å²) in [6.45, 7) is 0. The van der Waals surface area contributed by atoms with E-state index in [2.05, 4.69) is 15.6 Å². The van der Waals surface area contributed by atoms with Gasteiger partial charge >= 0.3 is 0 Å². The molecule has 6 heteroatoms. The first-order valence-electron chi connectivity index (χ1n) is 9.52. The highest BCUT2D eigenvalue weighted by Gasteiger charge is 2.27. The maximum absolute atomic E-state index is 12.9. The number of amides is 2. The summed E-state index contributed by atoms with van der Waals surface area (Å²) in [5.41, 5.74) is 3.02. The van der Waals surface area contributed by atoms with Gasteiger partial charge in [-0.15, -0.1) is 11.3 Å². The Hall–Kier alpha value is -3.77. The number of benzene rings is 3. The van der Waals surface area contributed by atoms with Crippen molar-refractivity contribution < 1.29 is 9.59 Å². The molecule has 5 nitrogen and oxygen atoms in total. The summed E-state index contributed by atoms with van der Waals surface area (Å²) in [5, 5.41) is 6.68. The number of carbonyl (C=O) groups is 2. The summed E-state index contributed by atoms with van der Waals surface area (Å²) >= 11 is 1.39. The summed E-state index contributed by atoms with van der Waals surface area (Å²) < 4.78 is 1.02. The van der Waals surface area contributed by atoms with Crippen LogP contribution in [0.5, 0.6) is 0 Å². The van der Waals surface area contributed by atoms with Gasteiger partial charge in [-0.1, -0.05) is 66.7 Å². The highest BCUT2D eigenvalue weighted by molar-refractivity contribution is 7.20. The lowest BCUT2D eigenvalue weighted by Crippen LogP contribution is -2.42. The molecule has 1 aromatic heterocycles. The molecule has 2 amide bonds. The minimum atomic E-state index is -1.04. The van der Waals surface area contributed by atoms with Crippen molar-refractivity contribution in [1.82, 2.24) is 5.32 Å². The minimum absolute atomic E-state index is 0.321. The maximum atomic E-state index is 12.9. The first-order chi connectivity index (χ1) is 14.7. The van der Waals surface area contributed by atoms with Gasteiger partial charge in [0.15, 0.2) is 0 Å². The van der Waals surface area contributed by atoms with Gasteiger partial charge in [-0.2, -0.15) is 0 Å². The Morgan fingerprint density at radius 2 is 1.67 bits per heavy atom. The fraction of sp³-hybridized carbons (Fsp3) is 0.0417. The summed E-state index contributed by atoms with van der Waals surface area (Å²) in [6, 6.07) is 26.8. The van der Waals surface area contributed by atoms with Crippen LogP contribution in [0.1, 0.15) is 20.8 Å². The van der Waals surface area contributed by atoms with E-state index in [1.54, 1.807) is 0 Å². The van der Waals surface area contributed by atoms with Crippen molar-refractivity contribution >= 4 is 44.6 Å². The minimum Gasteiger partial charge on any atom is -0.322 e. The van der Waals surface area contributed by atoms with Gasteiger partial charge in [0.2, 0.25) is 6.17 Å². The van der Waals surface area contributed by atoms with Crippen molar-refractivity contribution in [3.05, 3.63) is 101 Å². The third kappa shape index (κ3) is 3.38. The SMILES string of the molecule is O=C(NC1N=C(c2ccccc2)c2ccccc2NC1=O)c1cc2ccccc2s1. The van der Waals surface area contributed by atoms with Gasteiger partial charge in [-0.25, -0.2) is 4.99 Å². The lowest BCUT2D eigenvalue weighted by atomic mass is 10.0. The van der Waals surface area contributed by atoms with Gasteiger partial charge < -0.3 is 10.6 Å². The predicted molar refractivity (Wildman–Crippen MR) is 120 cm³/mol. The second-order valence-corrected chi connectivity index (χ2v) is 7.99. The van der Waals surface area contributed by atoms with Gasteiger partial charge in [0, 0.05) is 15.8 Å². The topological polar surface area (TPSA) is 70.6 Å². The molecule has 2 N–H and O–H groups in total. The third-order valence-electron chi connectivity index (χ3n) is 4.91. The molecule has 0 radical (unpaired) electrons. The van der Waals surface area contributed by atoms with Crippen LogP contribution < -0.4 is 10.6 Å². The average Bonchev–Trinajstić information content (AvgIpc) is 3.16. The van der Waals surface area contributed by atoms with E-state index in [4.69, 9.17) is 0 Å². The number of para-hydroxylation sites is 1. The molecule has 1 unspecified atom stereocenters. The molecule has 1 atom stereocenters. The summed E-state index contributed by atoms with van der Waals surface area (Å²) in [6.07, 6.45) is -1.04. The van der Waals surface area contributed by atoms with Crippen LogP contribution in [0.25, 0.3) is 10.1 Å². The molecule has 0 spiro atoms. The monoisotopic (exact) mass is 411 g/mol. The number of thiophene rings is 1. The molecule has 0 aliphatic carbocycles. The summed E-state index contributed by atoms with van der Waals surface area (Å²) in [4.78, 5) is 31.0. The van der Waals surface area contributed by atoms with Crippen LogP contribution in [0.3, 0.4) is 0 Å². The van der Waals surface area contributed by atoms with E-state index in [1.807, 2.05) is 84.9 Å². The molecule has 0 saturated carbocycles. The Morgan fingerprint density at radius 1 is 0.933 bits per heavy atom. The van der Waals surface area contributed by atoms with Gasteiger partial charge in [-0.3, -0.25) is 9.59 Å². The van der Waals surface area contributed by atoms with Crippen LogP contribution in [0.15, 0.2) is 89.9 Å². The fourth-order valence-electron chi connectivity index (χ4n) is 3.47. The van der Waals surface area contributed by atoms with Crippen LogP contribution in [-0.2, 0) is 4.79 Å². The summed E-state index contributed by atoms with van der Waals surface area (Å²) in [5.74, 6) is -0.693. The van der Waals surface area contributed by atoms with E-state index < -0.39 is 6.17 Å².